The van der Waals surface area contributed by atoms with Crippen molar-refractivity contribution in [3.8, 4) is 0 Å². The van der Waals surface area contributed by atoms with Crippen LogP contribution in [0.15, 0.2) is 53.4 Å². The van der Waals surface area contributed by atoms with Gasteiger partial charge in [0.05, 0.1) is 5.02 Å². The number of halogens is 1. The van der Waals surface area contributed by atoms with E-state index in [9.17, 15) is 8.42 Å². The topological polar surface area (TPSA) is 63.4 Å². The summed E-state index contributed by atoms with van der Waals surface area (Å²) in [5.74, 6) is 0. The summed E-state index contributed by atoms with van der Waals surface area (Å²) in [5, 5.41) is 0.230. The molecule has 0 amide bonds. The number of nitrogens with zero attached hydrogens (tertiary/aromatic N) is 1. The van der Waals surface area contributed by atoms with E-state index in [0.717, 1.165) is 5.56 Å². The van der Waals surface area contributed by atoms with Crippen molar-refractivity contribution in [3.05, 3.63) is 59.1 Å². The lowest BCUT2D eigenvalue weighted by Gasteiger charge is -2.21. The highest BCUT2D eigenvalue weighted by Gasteiger charge is 2.25. The number of hydrogen-bond acceptors (Lipinski definition) is 3. The summed E-state index contributed by atoms with van der Waals surface area (Å²) in [5.41, 5.74) is 7.16. The van der Waals surface area contributed by atoms with E-state index < -0.39 is 10.0 Å². The van der Waals surface area contributed by atoms with E-state index in [2.05, 4.69) is 0 Å². The van der Waals surface area contributed by atoms with Gasteiger partial charge in [0.2, 0.25) is 10.0 Å². The molecule has 0 unspecified atom stereocenters. The first-order valence-electron chi connectivity index (χ1n) is 6.54. The predicted molar refractivity (Wildman–Crippen MR) is 85.6 cm³/mol. The average Bonchev–Trinajstić information content (AvgIpc) is 2.46. The summed E-state index contributed by atoms with van der Waals surface area (Å²) in [6.07, 6.45) is 0. The van der Waals surface area contributed by atoms with Gasteiger partial charge < -0.3 is 5.73 Å². The fourth-order valence-corrected chi connectivity index (χ4v) is 3.92. The molecule has 0 fully saturated rings. The van der Waals surface area contributed by atoms with Crippen molar-refractivity contribution in [2.24, 2.45) is 0 Å². The highest BCUT2D eigenvalue weighted by atomic mass is 35.5. The van der Waals surface area contributed by atoms with Crippen LogP contribution in [0, 0.1) is 0 Å². The Morgan fingerprint density at radius 2 is 1.71 bits per heavy atom. The third-order valence-corrected chi connectivity index (χ3v) is 5.57. The monoisotopic (exact) mass is 324 g/mol. The van der Waals surface area contributed by atoms with Crippen molar-refractivity contribution in [1.29, 1.82) is 0 Å². The second-order valence-corrected chi connectivity index (χ2v) is 6.92. The van der Waals surface area contributed by atoms with Crippen molar-refractivity contribution >= 4 is 27.3 Å². The highest BCUT2D eigenvalue weighted by molar-refractivity contribution is 7.89. The van der Waals surface area contributed by atoms with Gasteiger partial charge in [-0.2, -0.15) is 4.31 Å². The molecule has 0 bridgehead atoms. The Morgan fingerprint density at radius 3 is 2.29 bits per heavy atom. The summed E-state index contributed by atoms with van der Waals surface area (Å²) in [6.45, 7) is 2.44. The standard InChI is InChI=1S/C15H17ClN2O2S/c1-2-18(11-12-7-9-13(17)10-8-12)21(19,20)15-6-4-3-5-14(15)16/h3-10H,2,11,17H2,1H3. The SMILES string of the molecule is CCN(Cc1ccc(N)cc1)S(=O)(=O)c1ccccc1Cl. The fraction of sp³-hybridized carbons (Fsp3) is 0.200. The molecule has 0 aliphatic rings. The first-order chi connectivity index (χ1) is 9.95. The zero-order valence-corrected chi connectivity index (χ0v) is 13.2. The van der Waals surface area contributed by atoms with Crippen LogP contribution in [0.25, 0.3) is 0 Å². The van der Waals surface area contributed by atoms with E-state index in [1.54, 1.807) is 37.3 Å². The van der Waals surface area contributed by atoms with Gasteiger partial charge in [-0.3, -0.25) is 0 Å². The van der Waals surface area contributed by atoms with Crippen molar-refractivity contribution < 1.29 is 8.42 Å². The van der Waals surface area contributed by atoms with Crippen molar-refractivity contribution in [2.45, 2.75) is 18.4 Å². The minimum absolute atomic E-state index is 0.129. The Balaban J connectivity index is 2.32. The molecule has 0 aliphatic carbocycles. The van der Waals surface area contributed by atoms with Gasteiger partial charge >= 0.3 is 0 Å². The Hall–Kier alpha value is -1.56. The van der Waals surface area contributed by atoms with Crippen LogP contribution in [-0.4, -0.2) is 19.3 Å². The van der Waals surface area contributed by atoms with Crippen LogP contribution in [0.2, 0.25) is 5.02 Å². The number of nitrogen functional groups attached to an aromatic ring is 1. The number of benzene rings is 2. The maximum atomic E-state index is 12.7. The first kappa shape index (κ1) is 15.8. The quantitative estimate of drug-likeness (QED) is 0.859. The van der Waals surface area contributed by atoms with Crippen LogP contribution in [-0.2, 0) is 16.6 Å². The molecule has 21 heavy (non-hydrogen) atoms. The van der Waals surface area contributed by atoms with E-state index in [1.807, 2.05) is 12.1 Å². The van der Waals surface area contributed by atoms with Crippen LogP contribution in [0.4, 0.5) is 5.69 Å². The Kier molecular flexibility index (Phi) is 4.88. The molecular formula is C15H17ClN2O2S. The van der Waals surface area contributed by atoms with Gasteiger partial charge in [0.1, 0.15) is 4.90 Å². The van der Waals surface area contributed by atoms with Gasteiger partial charge in [0, 0.05) is 18.8 Å². The second kappa shape index (κ2) is 6.47. The Bertz CT molecular complexity index is 715. The van der Waals surface area contributed by atoms with E-state index in [-0.39, 0.29) is 16.5 Å². The van der Waals surface area contributed by atoms with Gasteiger partial charge in [0.15, 0.2) is 0 Å². The zero-order chi connectivity index (χ0) is 15.5. The number of rotatable bonds is 5. The van der Waals surface area contributed by atoms with Gasteiger partial charge in [-0.05, 0) is 29.8 Å². The molecule has 0 radical (unpaired) electrons. The second-order valence-electron chi connectivity index (χ2n) is 4.60. The van der Waals surface area contributed by atoms with Crippen molar-refractivity contribution in [2.75, 3.05) is 12.3 Å². The Morgan fingerprint density at radius 1 is 1.10 bits per heavy atom. The minimum atomic E-state index is -3.62. The van der Waals surface area contributed by atoms with Gasteiger partial charge in [0.25, 0.3) is 0 Å². The average molecular weight is 325 g/mol. The van der Waals surface area contributed by atoms with E-state index >= 15 is 0 Å². The molecule has 0 heterocycles. The lowest BCUT2D eigenvalue weighted by molar-refractivity contribution is 0.423. The Labute approximate surface area is 130 Å². The molecule has 4 nitrogen and oxygen atoms in total. The summed E-state index contributed by atoms with van der Waals surface area (Å²) < 4.78 is 26.7. The van der Waals surface area contributed by atoms with Crippen LogP contribution in [0.5, 0.6) is 0 Å². The smallest absolute Gasteiger partial charge is 0.244 e. The lowest BCUT2D eigenvalue weighted by Crippen LogP contribution is -2.30. The van der Waals surface area contributed by atoms with E-state index in [1.165, 1.54) is 10.4 Å². The lowest BCUT2D eigenvalue weighted by atomic mass is 10.2. The molecule has 112 valence electrons. The normalized spacial score (nSPS) is 11.8. The molecular weight excluding hydrogens is 308 g/mol. The summed E-state index contributed by atoms with van der Waals surface area (Å²) in [6, 6.07) is 13.6. The third-order valence-electron chi connectivity index (χ3n) is 3.15. The number of nitrogens with two attached hydrogens (primary N) is 1. The van der Waals surface area contributed by atoms with Gasteiger partial charge in [-0.25, -0.2) is 8.42 Å². The van der Waals surface area contributed by atoms with Crippen LogP contribution in [0.1, 0.15) is 12.5 Å². The minimum Gasteiger partial charge on any atom is -0.399 e. The molecule has 0 aromatic heterocycles. The third kappa shape index (κ3) is 3.56. The van der Waals surface area contributed by atoms with Crippen molar-refractivity contribution in [1.82, 2.24) is 4.31 Å². The molecule has 0 spiro atoms. The number of hydrogen-bond donors (Lipinski definition) is 1. The molecule has 0 aliphatic heterocycles. The van der Waals surface area contributed by atoms with Crippen LogP contribution >= 0.6 is 11.6 Å². The summed E-state index contributed by atoms with van der Waals surface area (Å²) in [7, 11) is -3.62. The molecule has 2 rings (SSSR count). The molecule has 0 saturated carbocycles. The van der Waals surface area contributed by atoms with E-state index in [4.69, 9.17) is 17.3 Å². The molecule has 2 aromatic rings. The summed E-state index contributed by atoms with van der Waals surface area (Å²) >= 11 is 6.01. The van der Waals surface area contributed by atoms with Crippen molar-refractivity contribution in [3.63, 3.8) is 0 Å². The molecule has 2 aromatic carbocycles. The largest absolute Gasteiger partial charge is 0.399 e. The van der Waals surface area contributed by atoms with E-state index in [0.29, 0.717) is 12.2 Å². The zero-order valence-electron chi connectivity index (χ0n) is 11.7. The molecule has 2 N–H and O–H groups in total. The highest BCUT2D eigenvalue weighted by Crippen LogP contribution is 2.25. The number of sulfonamides is 1. The first-order valence-corrected chi connectivity index (χ1v) is 8.36. The maximum absolute atomic E-state index is 12.7. The van der Waals surface area contributed by atoms with Crippen LogP contribution < -0.4 is 5.73 Å². The molecule has 0 saturated heterocycles. The predicted octanol–water partition coefficient (Wildman–Crippen LogP) is 3.13. The van der Waals surface area contributed by atoms with Gasteiger partial charge in [-0.15, -0.1) is 0 Å². The molecule has 0 atom stereocenters. The van der Waals surface area contributed by atoms with Crippen LogP contribution in [0.3, 0.4) is 0 Å². The number of anilines is 1. The summed E-state index contributed by atoms with van der Waals surface area (Å²) in [4.78, 5) is 0.129. The molecule has 6 heteroatoms. The fourth-order valence-electron chi connectivity index (χ4n) is 1.99. The van der Waals surface area contributed by atoms with Gasteiger partial charge in [-0.1, -0.05) is 42.8 Å². The maximum Gasteiger partial charge on any atom is 0.244 e.